The third kappa shape index (κ3) is 7.64. The number of aromatic nitrogens is 2. The molecule has 4 rings (SSSR count). The topological polar surface area (TPSA) is 83.1 Å². The fraction of sp³-hybridized carbons (Fsp3) is 0.419. The number of amides is 1. The number of carbonyl (C=O) groups is 1. The number of carbonyl (C=O) groups excluding carboxylic acids is 1. The molecule has 0 bridgehead atoms. The van der Waals surface area contributed by atoms with Gasteiger partial charge < -0.3 is 29.5 Å². The van der Waals surface area contributed by atoms with Gasteiger partial charge in [0.1, 0.15) is 11.5 Å². The Labute approximate surface area is 248 Å². The van der Waals surface area contributed by atoms with Gasteiger partial charge >= 0.3 is 0 Å². The number of methoxy groups -OCH3 is 2. The van der Waals surface area contributed by atoms with E-state index >= 15 is 0 Å². The van der Waals surface area contributed by atoms with Crippen LogP contribution in [0.4, 0.5) is 5.82 Å². The minimum atomic E-state index is -0.0412. The minimum Gasteiger partial charge on any atom is -0.497 e. The summed E-state index contributed by atoms with van der Waals surface area (Å²) in [6.07, 6.45) is 0.838. The van der Waals surface area contributed by atoms with Gasteiger partial charge in [0.25, 0.3) is 0 Å². The Morgan fingerprint density at radius 2 is 1.76 bits per heavy atom. The predicted octanol–water partition coefficient (Wildman–Crippen LogP) is 4.55. The first kappa shape index (κ1) is 30.0. The van der Waals surface area contributed by atoms with Crippen LogP contribution in [-0.4, -0.2) is 84.0 Å². The van der Waals surface area contributed by atoms with Crippen molar-refractivity contribution in [2.75, 3.05) is 51.8 Å². The third-order valence-electron chi connectivity index (χ3n) is 7.24. The van der Waals surface area contributed by atoms with Gasteiger partial charge in [-0.05, 0) is 69.2 Å². The fourth-order valence-corrected chi connectivity index (χ4v) is 5.37. The number of nitrogens with one attached hydrogen (secondary N) is 1. The van der Waals surface area contributed by atoms with Crippen LogP contribution in [0.25, 0.3) is 11.3 Å². The Bertz CT molecular complexity index is 1300. The summed E-state index contributed by atoms with van der Waals surface area (Å²) in [5.41, 5.74) is 2.68. The molecule has 1 unspecified atom stereocenters. The summed E-state index contributed by atoms with van der Waals surface area (Å²) in [6, 6.07) is 19.8. The van der Waals surface area contributed by atoms with Gasteiger partial charge in [-0.1, -0.05) is 30.3 Å². The molecule has 2 heterocycles. The van der Waals surface area contributed by atoms with Gasteiger partial charge in [-0.3, -0.25) is 4.79 Å². The molecule has 1 atom stereocenters. The van der Waals surface area contributed by atoms with Crippen LogP contribution in [0.2, 0.25) is 0 Å². The van der Waals surface area contributed by atoms with Gasteiger partial charge in [0, 0.05) is 43.9 Å². The number of hydrogen-bond donors (Lipinski definition) is 1. The Morgan fingerprint density at radius 3 is 2.41 bits per heavy atom. The molecule has 1 aliphatic rings. The average Bonchev–Trinajstić information content (AvgIpc) is 3.26. The Morgan fingerprint density at radius 1 is 0.976 bits per heavy atom. The maximum absolute atomic E-state index is 13.6. The van der Waals surface area contributed by atoms with Crippen LogP contribution in [-0.2, 0) is 4.79 Å². The Balaban J connectivity index is 1.42. The van der Waals surface area contributed by atoms with Crippen molar-refractivity contribution in [3.05, 3.63) is 66.2 Å². The Hall–Kier alpha value is -3.92. The lowest BCUT2D eigenvalue weighted by molar-refractivity contribution is -0.131. The van der Waals surface area contributed by atoms with Crippen LogP contribution >= 0.6 is 12.2 Å². The first-order chi connectivity index (χ1) is 19.8. The summed E-state index contributed by atoms with van der Waals surface area (Å²) >= 11 is 5.74. The summed E-state index contributed by atoms with van der Waals surface area (Å²) in [6.45, 7) is 9.15. The molecule has 1 fully saturated rings. The van der Waals surface area contributed by atoms with E-state index in [1.54, 1.807) is 14.2 Å². The number of rotatable bonds is 9. The molecule has 218 valence electrons. The summed E-state index contributed by atoms with van der Waals surface area (Å²) in [5.74, 6) is 2.25. The second-order valence-electron chi connectivity index (χ2n) is 10.4. The molecular weight excluding hydrogens is 536 g/mol. The van der Waals surface area contributed by atoms with E-state index in [9.17, 15) is 4.79 Å². The van der Waals surface area contributed by atoms with E-state index in [2.05, 4.69) is 39.5 Å². The van der Waals surface area contributed by atoms with Gasteiger partial charge in [0.05, 0.1) is 32.5 Å². The van der Waals surface area contributed by atoms with Crippen LogP contribution in [0, 0.1) is 0 Å². The maximum atomic E-state index is 13.6. The largest absolute Gasteiger partial charge is 0.497 e. The highest BCUT2D eigenvalue weighted by molar-refractivity contribution is 7.80. The monoisotopic (exact) mass is 576 g/mol. The molecule has 0 radical (unpaired) electrons. The molecule has 3 aromatic rings. The summed E-state index contributed by atoms with van der Waals surface area (Å²) in [5, 5.41) is 12.9. The molecule has 1 N–H and O–H groups in total. The summed E-state index contributed by atoms with van der Waals surface area (Å²) < 4.78 is 10.8. The van der Waals surface area contributed by atoms with Crippen molar-refractivity contribution in [2.45, 2.75) is 39.3 Å². The molecule has 1 aromatic heterocycles. The van der Waals surface area contributed by atoms with Gasteiger partial charge in [-0.25, -0.2) is 0 Å². The van der Waals surface area contributed by atoms with E-state index in [4.69, 9.17) is 21.7 Å². The number of hydrogen-bond acceptors (Lipinski definition) is 7. The standard InChI is InChI=1S/C31H40N6O3S/c1-22(2)32-31(41)37(23(3)24-10-7-6-8-11-24)21-30(38)36-17-9-16-35(18-19-36)29-15-14-27(33-34-29)26-13-12-25(39-4)20-28(26)40-5/h6-8,10-15,20,22-23H,9,16-19,21H2,1-5H3,(H,32,41). The maximum Gasteiger partial charge on any atom is 0.242 e. The van der Waals surface area contributed by atoms with E-state index in [0.29, 0.717) is 30.5 Å². The van der Waals surface area contributed by atoms with Gasteiger partial charge in [0.15, 0.2) is 10.9 Å². The van der Waals surface area contributed by atoms with Crippen molar-refractivity contribution in [2.24, 2.45) is 0 Å². The molecular formula is C31H40N6O3S. The molecule has 10 heteroatoms. The molecule has 1 saturated heterocycles. The highest BCUT2D eigenvalue weighted by atomic mass is 32.1. The molecule has 1 amide bonds. The summed E-state index contributed by atoms with van der Waals surface area (Å²) in [7, 11) is 3.25. The Kier molecular flexibility index (Phi) is 10.3. The van der Waals surface area contributed by atoms with Crippen LogP contribution in [0.15, 0.2) is 60.7 Å². The van der Waals surface area contributed by atoms with E-state index in [1.165, 1.54) is 0 Å². The SMILES string of the molecule is COc1ccc(-c2ccc(N3CCCN(C(=O)CN(C(=S)NC(C)C)C(C)c4ccccc4)CC3)nn2)c(OC)c1. The molecule has 41 heavy (non-hydrogen) atoms. The number of thiocarbonyl (C=S) groups is 1. The molecule has 0 saturated carbocycles. The highest BCUT2D eigenvalue weighted by Crippen LogP contribution is 2.32. The molecule has 9 nitrogen and oxygen atoms in total. The molecule has 0 aliphatic carbocycles. The van der Waals surface area contributed by atoms with E-state index in [0.717, 1.165) is 41.4 Å². The van der Waals surface area contributed by atoms with Crippen molar-refractivity contribution in [3.63, 3.8) is 0 Å². The second kappa shape index (κ2) is 14.1. The zero-order chi connectivity index (χ0) is 29.4. The fourth-order valence-electron chi connectivity index (χ4n) is 4.92. The number of benzene rings is 2. The zero-order valence-electron chi connectivity index (χ0n) is 24.5. The first-order valence-electron chi connectivity index (χ1n) is 14.0. The van der Waals surface area contributed by atoms with Crippen LogP contribution in [0.3, 0.4) is 0 Å². The smallest absolute Gasteiger partial charge is 0.242 e. The minimum absolute atomic E-state index is 0.0412. The normalized spacial score (nSPS) is 14.3. The zero-order valence-corrected chi connectivity index (χ0v) is 25.4. The van der Waals surface area contributed by atoms with Crippen molar-refractivity contribution < 1.29 is 14.3 Å². The average molecular weight is 577 g/mol. The van der Waals surface area contributed by atoms with Crippen molar-refractivity contribution in [3.8, 4) is 22.8 Å². The number of ether oxygens (including phenoxy) is 2. The summed E-state index contributed by atoms with van der Waals surface area (Å²) in [4.78, 5) is 19.7. The van der Waals surface area contributed by atoms with E-state index < -0.39 is 0 Å². The lowest BCUT2D eigenvalue weighted by Crippen LogP contribution is -2.49. The van der Waals surface area contributed by atoms with Crippen LogP contribution in [0.5, 0.6) is 11.5 Å². The van der Waals surface area contributed by atoms with E-state index in [1.807, 2.05) is 72.2 Å². The second-order valence-corrected chi connectivity index (χ2v) is 10.8. The predicted molar refractivity (Wildman–Crippen MR) is 166 cm³/mol. The number of nitrogens with zero attached hydrogens (tertiary/aromatic N) is 5. The lowest BCUT2D eigenvalue weighted by atomic mass is 10.1. The van der Waals surface area contributed by atoms with Crippen LogP contribution in [0.1, 0.15) is 38.8 Å². The number of anilines is 1. The first-order valence-corrected chi connectivity index (χ1v) is 14.4. The van der Waals surface area contributed by atoms with Crippen molar-refractivity contribution in [1.29, 1.82) is 0 Å². The molecule has 0 spiro atoms. The van der Waals surface area contributed by atoms with Crippen molar-refractivity contribution in [1.82, 2.24) is 25.3 Å². The van der Waals surface area contributed by atoms with Gasteiger partial charge in [0.2, 0.25) is 5.91 Å². The van der Waals surface area contributed by atoms with Gasteiger partial charge in [-0.15, -0.1) is 10.2 Å². The van der Waals surface area contributed by atoms with Gasteiger partial charge in [-0.2, -0.15) is 0 Å². The lowest BCUT2D eigenvalue weighted by Gasteiger charge is -2.34. The van der Waals surface area contributed by atoms with E-state index in [-0.39, 0.29) is 24.5 Å². The van der Waals surface area contributed by atoms with Crippen molar-refractivity contribution >= 4 is 29.1 Å². The molecule has 1 aliphatic heterocycles. The highest BCUT2D eigenvalue weighted by Gasteiger charge is 2.26. The van der Waals surface area contributed by atoms with Crippen LogP contribution < -0.4 is 19.7 Å². The quantitative estimate of drug-likeness (QED) is 0.369. The third-order valence-corrected chi connectivity index (χ3v) is 7.59. The molecule has 2 aromatic carbocycles.